The van der Waals surface area contributed by atoms with Crippen molar-refractivity contribution in [2.24, 2.45) is 0 Å². The summed E-state index contributed by atoms with van der Waals surface area (Å²) in [7, 11) is 0. The molecule has 2 aromatic carbocycles. The summed E-state index contributed by atoms with van der Waals surface area (Å²) < 4.78 is 5.22. The molecule has 116 valence electrons. The SMILES string of the molecule is O=C(COCc1ccccc1)ON1C(=O)c2ccccc2C1=O. The minimum atomic E-state index is -0.810. The number of carbonyl (C=O) groups excluding carboxylic acids is 3. The van der Waals surface area contributed by atoms with Crippen LogP contribution >= 0.6 is 0 Å². The second-order valence-electron chi connectivity index (χ2n) is 4.89. The first-order valence-electron chi connectivity index (χ1n) is 6.97. The highest BCUT2D eigenvalue weighted by Crippen LogP contribution is 2.22. The zero-order valence-electron chi connectivity index (χ0n) is 12.1. The number of hydroxylamine groups is 2. The zero-order valence-corrected chi connectivity index (χ0v) is 12.1. The number of amides is 2. The molecule has 1 heterocycles. The largest absolute Gasteiger partial charge is 0.365 e. The third-order valence-electron chi connectivity index (χ3n) is 3.28. The number of rotatable bonds is 5. The van der Waals surface area contributed by atoms with Crippen molar-refractivity contribution in [1.29, 1.82) is 0 Å². The fourth-order valence-corrected chi connectivity index (χ4v) is 2.20. The van der Waals surface area contributed by atoms with Crippen molar-refractivity contribution in [2.45, 2.75) is 6.61 Å². The predicted molar refractivity (Wildman–Crippen MR) is 79.1 cm³/mol. The van der Waals surface area contributed by atoms with E-state index in [1.165, 1.54) is 12.1 Å². The highest BCUT2D eigenvalue weighted by atomic mass is 16.7. The van der Waals surface area contributed by atoms with Gasteiger partial charge >= 0.3 is 5.97 Å². The van der Waals surface area contributed by atoms with Gasteiger partial charge in [-0.2, -0.15) is 0 Å². The molecule has 1 aliphatic rings. The summed E-state index contributed by atoms with van der Waals surface area (Å²) in [4.78, 5) is 40.6. The smallest absolute Gasteiger partial charge is 0.358 e. The molecule has 0 saturated carbocycles. The number of hydrogen-bond acceptors (Lipinski definition) is 5. The Balaban J connectivity index is 1.55. The minimum Gasteiger partial charge on any atom is -0.365 e. The van der Waals surface area contributed by atoms with Crippen LogP contribution in [0.25, 0.3) is 0 Å². The summed E-state index contributed by atoms with van der Waals surface area (Å²) in [5, 5.41) is 0.471. The lowest BCUT2D eigenvalue weighted by Crippen LogP contribution is -2.34. The second-order valence-corrected chi connectivity index (χ2v) is 4.89. The molecule has 0 fully saturated rings. The van der Waals surface area contributed by atoms with E-state index in [9.17, 15) is 14.4 Å². The van der Waals surface area contributed by atoms with Gasteiger partial charge in [0.15, 0.2) is 0 Å². The second kappa shape index (κ2) is 6.41. The zero-order chi connectivity index (χ0) is 16.2. The number of imide groups is 1. The number of benzene rings is 2. The van der Waals surface area contributed by atoms with Crippen LogP contribution < -0.4 is 0 Å². The molecule has 0 unspecified atom stereocenters. The molecular weight excluding hydrogens is 298 g/mol. The standard InChI is InChI=1S/C17H13NO5/c19-15(11-22-10-12-6-2-1-3-7-12)23-18-16(20)13-8-4-5-9-14(13)17(18)21/h1-9H,10-11H2. The molecule has 6 heteroatoms. The van der Waals surface area contributed by atoms with Gasteiger partial charge in [-0.25, -0.2) is 4.79 Å². The summed E-state index contributed by atoms with van der Waals surface area (Å²) in [5.41, 5.74) is 1.34. The maximum absolute atomic E-state index is 12.0. The Morgan fingerprint density at radius 2 is 1.43 bits per heavy atom. The van der Waals surface area contributed by atoms with Crippen molar-refractivity contribution in [3.63, 3.8) is 0 Å². The highest BCUT2D eigenvalue weighted by molar-refractivity contribution is 6.20. The van der Waals surface area contributed by atoms with Crippen LogP contribution in [-0.4, -0.2) is 29.5 Å². The first-order valence-corrected chi connectivity index (χ1v) is 6.97. The summed E-state index contributed by atoms with van der Waals surface area (Å²) in [6, 6.07) is 15.6. The molecule has 1 aliphatic heterocycles. The molecular formula is C17H13NO5. The lowest BCUT2D eigenvalue weighted by molar-refractivity contribution is -0.174. The van der Waals surface area contributed by atoms with E-state index < -0.39 is 17.8 Å². The van der Waals surface area contributed by atoms with Gasteiger partial charge in [-0.1, -0.05) is 47.5 Å². The van der Waals surface area contributed by atoms with E-state index >= 15 is 0 Å². The van der Waals surface area contributed by atoms with E-state index in [1.807, 2.05) is 30.3 Å². The number of ether oxygens (including phenoxy) is 1. The van der Waals surface area contributed by atoms with Gasteiger partial charge in [0.05, 0.1) is 17.7 Å². The van der Waals surface area contributed by atoms with E-state index in [1.54, 1.807) is 12.1 Å². The molecule has 0 radical (unpaired) electrons. The van der Waals surface area contributed by atoms with Gasteiger partial charge < -0.3 is 9.57 Å². The van der Waals surface area contributed by atoms with Crippen LogP contribution in [0, 0.1) is 0 Å². The summed E-state index contributed by atoms with van der Waals surface area (Å²) >= 11 is 0. The van der Waals surface area contributed by atoms with E-state index in [0.29, 0.717) is 5.06 Å². The van der Waals surface area contributed by atoms with Crippen LogP contribution in [-0.2, 0) is 21.0 Å². The predicted octanol–water partition coefficient (Wildman–Crippen LogP) is 1.96. The highest BCUT2D eigenvalue weighted by Gasteiger charge is 2.38. The molecule has 2 aromatic rings. The normalized spacial score (nSPS) is 13.1. The summed E-state index contributed by atoms with van der Waals surface area (Å²) in [6.07, 6.45) is 0. The molecule has 0 atom stereocenters. The third-order valence-corrected chi connectivity index (χ3v) is 3.28. The molecule has 0 spiro atoms. The molecule has 6 nitrogen and oxygen atoms in total. The lowest BCUT2D eigenvalue weighted by atomic mass is 10.1. The van der Waals surface area contributed by atoms with Crippen LogP contribution in [0.5, 0.6) is 0 Å². The average molecular weight is 311 g/mol. The van der Waals surface area contributed by atoms with Crippen LogP contribution in [0.2, 0.25) is 0 Å². The lowest BCUT2D eigenvalue weighted by Gasteiger charge is -2.12. The van der Waals surface area contributed by atoms with E-state index in [2.05, 4.69) is 0 Å². The van der Waals surface area contributed by atoms with Gasteiger partial charge in [0.25, 0.3) is 11.8 Å². The summed E-state index contributed by atoms with van der Waals surface area (Å²) in [5.74, 6) is -2.11. The molecule has 0 bridgehead atoms. The van der Waals surface area contributed by atoms with Crippen LogP contribution in [0.3, 0.4) is 0 Å². The van der Waals surface area contributed by atoms with Crippen LogP contribution in [0.4, 0.5) is 0 Å². The molecule has 0 saturated heterocycles. The van der Waals surface area contributed by atoms with Crippen LogP contribution in [0.15, 0.2) is 54.6 Å². The Kier molecular flexibility index (Phi) is 4.16. The number of carbonyl (C=O) groups is 3. The first kappa shape index (κ1) is 14.9. The molecule has 0 aromatic heterocycles. The van der Waals surface area contributed by atoms with Crippen molar-refractivity contribution in [2.75, 3.05) is 6.61 Å². The Morgan fingerprint density at radius 1 is 0.870 bits per heavy atom. The fourth-order valence-electron chi connectivity index (χ4n) is 2.20. The Hall–Kier alpha value is -2.99. The van der Waals surface area contributed by atoms with Crippen molar-refractivity contribution < 1.29 is 24.0 Å². The molecule has 3 rings (SSSR count). The topological polar surface area (TPSA) is 72.9 Å². The fraction of sp³-hybridized carbons (Fsp3) is 0.118. The van der Waals surface area contributed by atoms with E-state index in [4.69, 9.17) is 9.57 Å². The van der Waals surface area contributed by atoms with Gasteiger partial charge in [0.1, 0.15) is 6.61 Å². The van der Waals surface area contributed by atoms with Crippen molar-refractivity contribution in [1.82, 2.24) is 5.06 Å². The van der Waals surface area contributed by atoms with E-state index in [0.717, 1.165) is 5.56 Å². The number of fused-ring (bicyclic) bond motifs is 1. The maximum Gasteiger partial charge on any atom is 0.358 e. The quantitative estimate of drug-likeness (QED) is 0.789. The molecule has 2 amide bonds. The van der Waals surface area contributed by atoms with Crippen molar-refractivity contribution in [3.8, 4) is 0 Å². The average Bonchev–Trinajstić information content (AvgIpc) is 2.81. The monoisotopic (exact) mass is 311 g/mol. The van der Waals surface area contributed by atoms with Gasteiger partial charge in [0, 0.05) is 0 Å². The molecule has 23 heavy (non-hydrogen) atoms. The minimum absolute atomic E-state index is 0.218. The Bertz CT molecular complexity index is 722. The number of nitrogens with zero attached hydrogens (tertiary/aromatic N) is 1. The van der Waals surface area contributed by atoms with Gasteiger partial charge in [-0.05, 0) is 17.7 Å². The number of hydrogen-bond donors (Lipinski definition) is 0. The Morgan fingerprint density at radius 3 is 2.04 bits per heavy atom. The third kappa shape index (κ3) is 3.12. The van der Waals surface area contributed by atoms with E-state index in [-0.39, 0.29) is 24.3 Å². The van der Waals surface area contributed by atoms with Crippen molar-refractivity contribution in [3.05, 3.63) is 71.3 Å². The molecule has 0 N–H and O–H groups in total. The van der Waals surface area contributed by atoms with Gasteiger partial charge in [-0.15, -0.1) is 0 Å². The van der Waals surface area contributed by atoms with Gasteiger partial charge in [0.2, 0.25) is 0 Å². The summed E-state index contributed by atoms with van der Waals surface area (Å²) in [6.45, 7) is -0.125. The maximum atomic E-state index is 12.0. The van der Waals surface area contributed by atoms with Crippen LogP contribution in [0.1, 0.15) is 26.3 Å². The Labute approximate surface area is 132 Å². The first-order chi connectivity index (χ1) is 11.2. The van der Waals surface area contributed by atoms with Gasteiger partial charge in [-0.3, -0.25) is 9.59 Å². The van der Waals surface area contributed by atoms with Crippen molar-refractivity contribution >= 4 is 17.8 Å². The molecule has 0 aliphatic carbocycles.